The molecular formula is C78H122O41. The Bertz CT molecular complexity index is 3540. The quantitative estimate of drug-likeness (QED) is 0.0196. The van der Waals surface area contributed by atoms with Crippen molar-refractivity contribution in [3.05, 3.63) is 11.6 Å². The normalized spacial score (nSPS) is 53.1. The second-order valence-electron chi connectivity index (χ2n) is 36.7. The molecule has 13 aliphatic rings. The summed E-state index contributed by atoms with van der Waals surface area (Å²) in [6.07, 6.45) is -60.7. The molecule has 8 heterocycles. The smallest absolute Gasteiger partial charge is 0.335 e. The van der Waals surface area contributed by atoms with Crippen molar-refractivity contribution in [1.29, 1.82) is 0 Å². The van der Waals surface area contributed by atoms with E-state index in [1.165, 1.54) is 20.8 Å². The van der Waals surface area contributed by atoms with Gasteiger partial charge in [0.15, 0.2) is 62.3 Å². The number of fused-ring (bicyclic) bond motifs is 7. The summed E-state index contributed by atoms with van der Waals surface area (Å²) in [6, 6.07) is 0. The summed E-state index contributed by atoms with van der Waals surface area (Å²) in [5.74, 6) is -5.09. The number of ether oxygens (including phenoxy) is 17. The molecule has 119 heavy (non-hydrogen) atoms. The summed E-state index contributed by atoms with van der Waals surface area (Å²) < 4.78 is 104. The lowest BCUT2D eigenvalue weighted by Crippen LogP contribution is -2.69. The number of allylic oxidation sites excluding steroid dienone is 2. The van der Waals surface area contributed by atoms with Gasteiger partial charge in [-0.15, -0.1) is 0 Å². The van der Waals surface area contributed by atoms with Crippen molar-refractivity contribution >= 4 is 24.2 Å². The van der Waals surface area contributed by atoms with Gasteiger partial charge in [0, 0.05) is 6.42 Å². The van der Waals surface area contributed by atoms with Gasteiger partial charge < -0.3 is 187 Å². The van der Waals surface area contributed by atoms with Crippen molar-refractivity contribution in [2.75, 3.05) is 39.6 Å². The van der Waals surface area contributed by atoms with Crippen LogP contribution in [0.5, 0.6) is 0 Å². The topological polar surface area (TPSA) is 630 Å². The highest BCUT2D eigenvalue weighted by Crippen LogP contribution is 2.76. The number of esters is 2. The number of aldehydes is 1. The molecule has 4 saturated carbocycles. The van der Waals surface area contributed by atoms with E-state index in [1.807, 2.05) is 13.8 Å². The van der Waals surface area contributed by atoms with Crippen LogP contribution in [0.2, 0.25) is 0 Å². The first kappa shape index (κ1) is 93.1. The second-order valence-corrected chi connectivity index (χ2v) is 36.7. The third kappa shape index (κ3) is 16.5. The number of aliphatic hydroxyl groups is 19. The minimum atomic E-state index is -2.25. The zero-order chi connectivity index (χ0) is 86.8. The van der Waals surface area contributed by atoms with Gasteiger partial charge in [0.25, 0.3) is 0 Å². The van der Waals surface area contributed by atoms with Crippen molar-refractivity contribution in [3.63, 3.8) is 0 Å². The van der Waals surface area contributed by atoms with Crippen molar-refractivity contribution < 1.29 is 202 Å². The van der Waals surface area contributed by atoms with Gasteiger partial charge in [0.05, 0.1) is 75.6 Å². The van der Waals surface area contributed by atoms with E-state index in [1.54, 1.807) is 6.92 Å². The highest BCUT2D eigenvalue weighted by molar-refractivity contribution is 5.80. The maximum Gasteiger partial charge on any atom is 0.335 e. The van der Waals surface area contributed by atoms with Crippen molar-refractivity contribution in [2.24, 2.45) is 50.2 Å². The minimum absolute atomic E-state index is 0.0192. The summed E-state index contributed by atoms with van der Waals surface area (Å²) in [6.45, 7) is 12.4. The summed E-state index contributed by atoms with van der Waals surface area (Å²) in [7, 11) is 0. The molecule has 41 heteroatoms. The van der Waals surface area contributed by atoms with Gasteiger partial charge in [-0.1, -0.05) is 60.1 Å². The fraction of sp³-hybridized carbons (Fsp3) is 0.923. The monoisotopic (exact) mass is 1710 g/mol. The van der Waals surface area contributed by atoms with E-state index in [0.29, 0.717) is 38.5 Å². The molecule has 13 rings (SSSR count). The zero-order valence-electron chi connectivity index (χ0n) is 67.7. The molecule has 20 N–H and O–H groups in total. The predicted octanol–water partition coefficient (Wildman–Crippen LogP) is -6.53. The Morgan fingerprint density at radius 1 is 0.521 bits per heavy atom. The number of hydrogen-bond acceptors (Lipinski definition) is 40. The Labute approximate surface area is 685 Å². The van der Waals surface area contributed by atoms with Crippen LogP contribution in [0, 0.1) is 50.2 Å². The Morgan fingerprint density at radius 3 is 1.71 bits per heavy atom. The van der Waals surface area contributed by atoms with Gasteiger partial charge in [-0.05, 0) is 117 Å². The average molecular weight is 1720 g/mol. The fourth-order valence-corrected chi connectivity index (χ4v) is 21.8. The first-order valence-electron chi connectivity index (χ1n) is 41.2. The molecule has 12 fully saturated rings. The number of carboxylic acids is 1. The Kier molecular flexibility index (Phi) is 27.9. The summed E-state index contributed by atoms with van der Waals surface area (Å²) in [5.41, 5.74) is -7.34. The van der Waals surface area contributed by atoms with Gasteiger partial charge in [0.1, 0.15) is 139 Å². The number of carbonyl (C=O) groups is 4. The SMILES string of the molecule is CCC(=O)OC1C(C)OC(OC(=O)[C@]23CCC(C)(C)CC2C2=CCC4[C@@]5(C)CC[C@H](OC6OC(C(=O)O)C(O)C(OC7OCC(O)C(O)C7O)C6OC6OC(CO)C(O)C(O)C6O)[C@@](C)(C=O)C5CC[C@@]4(C)[C@]2(C)C[C@H]3O)C(OC2OC(C)C(OC3OCCC(OC4OCC(O)(CO)C4O)C3O)C(OC3OC(CO)C(O)C(O)C3O)C2O)C1O. The molecule has 0 radical (unpaired) electrons. The van der Waals surface area contributed by atoms with Crippen LogP contribution in [-0.4, -0.2) is 393 Å². The molecule has 0 bridgehead atoms. The third-order valence-electron chi connectivity index (χ3n) is 29.2. The molecule has 8 aliphatic heterocycles. The van der Waals surface area contributed by atoms with Crippen molar-refractivity contribution in [3.8, 4) is 0 Å². The number of carboxylic acid groups (broad SMARTS) is 1. The molecule has 0 aromatic rings. The van der Waals surface area contributed by atoms with Crippen LogP contribution in [-0.2, 0) is 99.7 Å². The highest BCUT2D eigenvalue weighted by Gasteiger charge is 2.74. The minimum Gasteiger partial charge on any atom is -0.479 e. The first-order chi connectivity index (χ1) is 56.0. The molecular weight excluding hydrogens is 1590 g/mol. The van der Waals surface area contributed by atoms with Gasteiger partial charge in [-0.3, -0.25) is 9.59 Å². The lowest BCUT2D eigenvalue weighted by molar-refractivity contribution is -0.394. The molecule has 0 aromatic carbocycles. The molecule has 0 spiro atoms. The Morgan fingerprint density at radius 2 is 1.10 bits per heavy atom. The van der Waals surface area contributed by atoms with Crippen LogP contribution in [0.15, 0.2) is 11.6 Å². The number of aliphatic hydroxyl groups excluding tert-OH is 18. The zero-order valence-corrected chi connectivity index (χ0v) is 67.7. The molecule has 8 saturated heterocycles. The molecule has 0 amide bonds. The summed E-state index contributed by atoms with van der Waals surface area (Å²) >= 11 is 0. The standard InChI is InChI=1S/C78H122O41/c1-10-41(85)112-54-29(2)107-68(59(51(54)95)117-67-53(97)57(115-65-49(93)46(90)43(87)35(23-79)109-65)55(30(3)106-67)113-63-45(89)34(15-20-103-63)108-70-61(98)77(102,27-82)28-105-70)119-71(101)78-19-18-72(4,5)21-32(78)31-11-12-38-73(6)16-14-40(74(7,26-81)37(73)13-17-75(38,8)76(31,9)22-39(78)84)111-69-60(118-66-50(94)47(91)44(88)36(24-80)110-66)56(52(96)58(116-69)62(99)100)114-64-48(92)42(86)33(83)25-104-64/h11,26,29-30,32-40,42-61,63-70,79-80,82-84,86-98,102H,10,12-25,27-28H2,1-9H3,(H,99,100)/t29?,30?,32?,33?,34?,35?,36?,37?,38?,39-,40+,42?,43?,44?,45?,46?,47?,48?,49?,50?,51?,52?,53?,54?,55?,56?,57?,58?,59?,60?,61?,63?,64?,65?,66?,67?,68?,69?,70?,73+,74+,75-,76-,77?,78-/m1/s1. The van der Waals surface area contributed by atoms with E-state index in [4.69, 9.17) is 80.5 Å². The molecule has 41 nitrogen and oxygen atoms in total. The maximum absolute atomic E-state index is 16.2. The van der Waals surface area contributed by atoms with Gasteiger partial charge in [-0.2, -0.15) is 0 Å². The lowest BCUT2D eigenvalue weighted by Gasteiger charge is -2.71. The third-order valence-corrected chi connectivity index (χ3v) is 29.2. The summed E-state index contributed by atoms with van der Waals surface area (Å²) in [5, 5.41) is 223. The number of rotatable bonds is 23. The number of aliphatic carboxylic acids is 1. The van der Waals surface area contributed by atoms with Gasteiger partial charge in [0.2, 0.25) is 6.29 Å². The van der Waals surface area contributed by atoms with E-state index in [0.717, 1.165) is 11.9 Å². The van der Waals surface area contributed by atoms with Crippen molar-refractivity contribution in [2.45, 2.75) is 360 Å². The molecule has 0 aromatic heterocycles. The lowest BCUT2D eigenvalue weighted by atomic mass is 9.33. The van der Waals surface area contributed by atoms with E-state index < -0.39 is 322 Å². The highest BCUT2D eigenvalue weighted by atomic mass is 16.8. The van der Waals surface area contributed by atoms with Crippen LogP contribution in [0.3, 0.4) is 0 Å². The van der Waals surface area contributed by atoms with Crippen LogP contribution in [0.25, 0.3) is 0 Å². The van der Waals surface area contributed by atoms with Crippen LogP contribution in [0.1, 0.15) is 133 Å². The van der Waals surface area contributed by atoms with Crippen molar-refractivity contribution in [1.82, 2.24) is 0 Å². The Hall–Kier alpha value is -3.54. The second kappa shape index (κ2) is 35.6. The van der Waals surface area contributed by atoms with E-state index in [2.05, 4.69) is 26.8 Å². The van der Waals surface area contributed by atoms with Crippen LogP contribution in [0.4, 0.5) is 0 Å². The van der Waals surface area contributed by atoms with Gasteiger partial charge >= 0.3 is 17.9 Å². The molecule has 5 aliphatic carbocycles. The van der Waals surface area contributed by atoms with E-state index in [-0.39, 0.29) is 44.6 Å². The number of carbonyl (C=O) groups excluding carboxylic acids is 3. The predicted molar refractivity (Wildman–Crippen MR) is 388 cm³/mol. The fourth-order valence-electron chi connectivity index (χ4n) is 21.8. The molecule has 680 valence electrons. The van der Waals surface area contributed by atoms with Crippen LogP contribution >= 0.6 is 0 Å². The average Bonchev–Trinajstić information content (AvgIpc) is 0.802. The molecule has 38 unspecified atom stereocenters. The maximum atomic E-state index is 16.2. The van der Waals surface area contributed by atoms with E-state index in [9.17, 15) is 117 Å². The largest absolute Gasteiger partial charge is 0.479 e. The summed E-state index contributed by atoms with van der Waals surface area (Å²) in [4.78, 5) is 56.9. The van der Waals surface area contributed by atoms with E-state index >= 15 is 4.79 Å². The first-order valence-corrected chi connectivity index (χ1v) is 41.2. The van der Waals surface area contributed by atoms with Gasteiger partial charge in [-0.25, -0.2) is 4.79 Å². The Balaban J connectivity index is 0.779. The number of hydrogen-bond donors (Lipinski definition) is 20. The molecule has 45 atom stereocenters. The van der Waals surface area contributed by atoms with Crippen LogP contribution < -0.4 is 0 Å².